The summed E-state index contributed by atoms with van der Waals surface area (Å²) < 4.78 is 85.9. The van der Waals surface area contributed by atoms with Gasteiger partial charge in [-0.2, -0.15) is 0 Å². The normalized spacial score (nSPS) is 20.4. The molecule has 0 radical (unpaired) electrons. The molecule has 6 aromatic carbocycles. The molecule has 4 nitrogen and oxygen atoms in total. The molecule has 11 rings (SSSR count). The maximum Gasteiger partial charge on any atom is 0.432 e. The van der Waals surface area contributed by atoms with E-state index in [0.717, 1.165) is 90.6 Å². The largest absolute Gasteiger partial charge is 0.432 e. The molecule has 5 heterocycles. The van der Waals surface area contributed by atoms with Crippen molar-refractivity contribution in [3.05, 3.63) is 173 Å². The van der Waals surface area contributed by atoms with Crippen molar-refractivity contribution in [3.8, 4) is 50.4 Å². The second kappa shape index (κ2) is 14.4. The first-order chi connectivity index (χ1) is 35.3. The number of nitrogens with zero attached hydrogens (tertiary/aromatic N) is 3. The van der Waals surface area contributed by atoms with Gasteiger partial charge in [-0.15, -0.1) is 4.57 Å². The molecular weight excluding hydrogens is 815 g/mol. The Morgan fingerprint density at radius 2 is 1.30 bits per heavy atom. The van der Waals surface area contributed by atoms with Gasteiger partial charge in [-0.05, 0) is 109 Å². The monoisotopic (exact) mass is 892 g/mol. The third-order valence-electron chi connectivity index (χ3n) is 14.5. The van der Waals surface area contributed by atoms with Gasteiger partial charge in [-0.3, -0.25) is 0 Å². The predicted molar refractivity (Wildman–Crippen MR) is 280 cm³/mol. The van der Waals surface area contributed by atoms with Crippen LogP contribution in [0.3, 0.4) is 0 Å². The minimum absolute atomic E-state index is 0.193. The molecule has 0 amide bonds. The van der Waals surface area contributed by atoms with E-state index >= 15 is 0 Å². The van der Waals surface area contributed by atoms with Crippen molar-refractivity contribution in [1.82, 2.24) is 0 Å². The molecule has 7 aromatic rings. The minimum atomic E-state index is -3.37. The van der Waals surface area contributed by atoms with Crippen LogP contribution in [0.25, 0.3) is 44.6 Å². The number of anilines is 3. The van der Waals surface area contributed by atoms with Crippen molar-refractivity contribution in [2.45, 2.75) is 137 Å². The number of para-hydroxylation sites is 1. The van der Waals surface area contributed by atoms with Crippen molar-refractivity contribution in [1.29, 1.82) is 0 Å². The number of aromatic nitrogens is 1. The van der Waals surface area contributed by atoms with Crippen LogP contribution in [-0.4, -0.2) is 0 Å². The second-order valence-corrected chi connectivity index (χ2v) is 22.9. The lowest BCUT2D eigenvalue weighted by atomic mass is 9.77. The van der Waals surface area contributed by atoms with Crippen molar-refractivity contribution < 1.29 is 21.6 Å². The lowest BCUT2D eigenvalue weighted by Crippen LogP contribution is -2.71. The number of fused-ring (bicyclic) bond motifs is 5. The lowest BCUT2D eigenvalue weighted by molar-refractivity contribution is -0.774. The Labute approximate surface area is 412 Å². The van der Waals surface area contributed by atoms with Crippen molar-refractivity contribution >= 4 is 17.1 Å². The molecule has 0 saturated carbocycles. The maximum atomic E-state index is 8.38. The van der Waals surface area contributed by atoms with Gasteiger partial charge in [0.1, 0.15) is 17.5 Å². The number of ether oxygens (including phenoxy) is 1. The Morgan fingerprint density at radius 1 is 0.597 bits per heavy atom. The van der Waals surface area contributed by atoms with Crippen molar-refractivity contribution in [2.75, 3.05) is 9.80 Å². The van der Waals surface area contributed by atoms with Crippen LogP contribution in [0, 0.1) is 5.92 Å². The molecule has 0 saturated heterocycles. The number of hydrogen-bond donors (Lipinski definition) is 0. The van der Waals surface area contributed by atoms with E-state index in [9.17, 15) is 0 Å². The van der Waals surface area contributed by atoms with Crippen LogP contribution in [0.2, 0.25) is 0 Å². The smallest absolute Gasteiger partial charge is 0.410 e. The van der Waals surface area contributed by atoms with Crippen molar-refractivity contribution in [2.24, 2.45) is 5.92 Å². The molecule has 2 atom stereocenters. The molecule has 2 unspecified atom stereocenters. The summed E-state index contributed by atoms with van der Waals surface area (Å²) in [7, 11) is 0. The van der Waals surface area contributed by atoms with E-state index in [1.165, 1.54) is 23.3 Å². The Bertz CT molecular complexity index is 3460. The maximum absolute atomic E-state index is 8.38. The van der Waals surface area contributed by atoms with Gasteiger partial charge >= 0.3 is 5.85 Å². The Morgan fingerprint density at radius 3 is 1.97 bits per heavy atom. The van der Waals surface area contributed by atoms with Crippen molar-refractivity contribution in [3.63, 3.8) is 0 Å². The molecular formula is C63H68N3O+. The highest BCUT2D eigenvalue weighted by Gasteiger charge is 2.70. The average molecular weight is 892 g/mol. The molecule has 0 N–H and O–H groups in total. The first kappa shape index (κ1) is 34.2. The van der Waals surface area contributed by atoms with Crippen LogP contribution in [0.1, 0.15) is 154 Å². The van der Waals surface area contributed by atoms with Gasteiger partial charge in [0.15, 0.2) is 6.20 Å². The highest BCUT2D eigenvalue weighted by atomic mass is 16.5. The van der Waals surface area contributed by atoms with Crippen LogP contribution in [-0.2, 0) is 33.9 Å². The predicted octanol–water partition coefficient (Wildman–Crippen LogP) is 16.1. The standard InChI is InChI=1S/C63H68N3O/c1-38(2)31-39-23-28-52(47(32-39)41-19-16-15-17-20-41)65-53-22-18-21-46-48-34-44(60(6,7)8)35-49-54-33-42(40-24-26-43(27-25-40)59(3,4)5)29-30-64(54)63(55(48)49)66(56(46)53)58(65)50-36-45(61(9,10)11)37-51(57(50)67-63)62(12,13)14/h15-30,32-38,58H,31H2,1-14H3/q+1/i3D3,4D3,5D3. The van der Waals surface area contributed by atoms with Gasteiger partial charge in [0, 0.05) is 52.3 Å². The summed E-state index contributed by atoms with van der Waals surface area (Å²) in [6, 6.07) is 44.1. The van der Waals surface area contributed by atoms with E-state index in [2.05, 4.69) is 194 Å². The zero-order chi connectivity index (χ0) is 54.8. The zero-order valence-electron chi connectivity index (χ0n) is 49.8. The molecule has 1 aromatic heterocycles. The van der Waals surface area contributed by atoms with E-state index in [4.69, 9.17) is 17.1 Å². The molecule has 67 heavy (non-hydrogen) atoms. The summed E-state index contributed by atoms with van der Waals surface area (Å²) >= 11 is 0. The number of hydrogen-bond acceptors (Lipinski definition) is 3. The fourth-order valence-electron chi connectivity index (χ4n) is 11.2. The van der Waals surface area contributed by atoms with Gasteiger partial charge in [-0.25, -0.2) is 4.90 Å². The molecule has 4 heteroatoms. The summed E-state index contributed by atoms with van der Waals surface area (Å²) in [6.45, 7) is 14.8. The topological polar surface area (TPSA) is 19.6 Å². The molecule has 4 aliphatic rings. The van der Waals surface area contributed by atoms with Crippen LogP contribution in [0.15, 0.2) is 134 Å². The summed E-state index contributed by atoms with van der Waals surface area (Å²) in [6.07, 6.45) is 2.64. The molecule has 0 fully saturated rings. The third-order valence-corrected chi connectivity index (χ3v) is 14.5. The fourth-order valence-corrected chi connectivity index (χ4v) is 11.2. The summed E-state index contributed by atoms with van der Waals surface area (Å²) in [5.41, 5.74) is 13.8. The lowest BCUT2D eigenvalue weighted by Gasteiger charge is -2.49. The zero-order valence-corrected chi connectivity index (χ0v) is 40.8. The quantitative estimate of drug-likeness (QED) is 0.161. The summed E-state index contributed by atoms with van der Waals surface area (Å²) in [4.78, 5) is 5.12. The third kappa shape index (κ3) is 6.56. The molecule has 0 aliphatic carbocycles. The van der Waals surface area contributed by atoms with Gasteiger partial charge < -0.3 is 9.64 Å². The van der Waals surface area contributed by atoms with E-state index in [1.54, 1.807) is 12.1 Å². The van der Waals surface area contributed by atoms with E-state index in [0.29, 0.717) is 11.5 Å². The van der Waals surface area contributed by atoms with Gasteiger partial charge in [0.25, 0.3) is 0 Å². The van der Waals surface area contributed by atoms with Gasteiger partial charge in [0.05, 0.1) is 22.6 Å². The first-order valence-corrected chi connectivity index (χ1v) is 24.0. The highest BCUT2D eigenvalue weighted by Crippen LogP contribution is 2.68. The average Bonchev–Trinajstić information content (AvgIpc) is 4.04. The highest BCUT2D eigenvalue weighted by molar-refractivity contribution is 6.03. The van der Waals surface area contributed by atoms with E-state index < -0.39 is 38.0 Å². The van der Waals surface area contributed by atoms with E-state index in [-0.39, 0.29) is 21.8 Å². The Kier molecular flexibility index (Phi) is 7.37. The molecule has 340 valence electrons. The summed E-state index contributed by atoms with van der Waals surface area (Å²) in [5, 5.41) is 0. The first-order valence-electron chi connectivity index (χ1n) is 28.5. The molecule has 0 bridgehead atoms. The fraction of sp³-hybridized carbons (Fsp3) is 0.349. The van der Waals surface area contributed by atoms with Crippen LogP contribution >= 0.6 is 0 Å². The van der Waals surface area contributed by atoms with E-state index in [1.807, 2.05) is 6.07 Å². The SMILES string of the molecule is [2H]C([2H])([2H])C(c1ccc(-c2cc[n+]3c(c2)-c2cc(C(C)(C)C)cc4c2C32Oc3c(cc(C(C)(C)C)cc3C(C)(C)C)C3N(c5ccc(CC(C)C)cc5-c5ccccc5)c5cccc-4c5N32)cc1)(C([2H])([2H])[2H])C([2H])([2H])[2H]. The van der Waals surface area contributed by atoms with Crippen LogP contribution in [0.5, 0.6) is 5.75 Å². The molecule has 1 spiro atoms. The number of pyridine rings is 1. The minimum Gasteiger partial charge on any atom is -0.410 e. The Balaban J connectivity index is 1.22. The van der Waals surface area contributed by atoms with Gasteiger partial charge in [0.2, 0.25) is 5.69 Å². The van der Waals surface area contributed by atoms with Crippen LogP contribution in [0.4, 0.5) is 17.1 Å². The number of benzene rings is 6. The number of rotatable bonds is 5. The summed E-state index contributed by atoms with van der Waals surface area (Å²) in [5.74, 6) is 0.0661. The van der Waals surface area contributed by atoms with Crippen LogP contribution < -0.4 is 19.1 Å². The van der Waals surface area contributed by atoms with Gasteiger partial charge in [-0.1, -0.05) is 176 Å². The molecule has 4 aliphatic heterocycles. The Hall–Kier alpha value is -6.13. The second-order valence-electron chi connectivity index (χ2n) is 22.9.